The topological polar surface area (TPSA) is 12.7 Å². The Morgan fingerprint density at radius 2 is 1.71 bits per heavy atom. The molecule has 0 unspecified atom stereocenters. The average molecular weight is 360 g/mol. The van der Waals surface area contributed by atoms with E-state index in [-0.39, 0.29) is 0 Å². The molecule has 132 valence electrons. The summed E-state index contributed by atoms with van der Waals surface area (Å²) in [5, 5.41) is 6.17. The molecule has 3 nitrogen and oxygen atoms in total. The monoisotopic (exact) mass is 360 g/mol. The molecule has 0 spiro atoms. The second-order valence-electron chi connectivity index (χ2n) is 7.83. The minimum absolute atomic E-state index is 0.682. The van der Waals surface area contributed by atoms with Gasteiger partial charge in [-0.3, -0.25) is 0 Å². The highest BCUT2D eigenvalue weighted by Crippen LogP contribution is 2.41. The maximum absolute atomic E-state index is 7.60. The minimum atomic E-state index is 0.682. The molecule has 0 aliphatic rings. The van der Waals surface area contributed by atoms with E-state index in [4.69, 9.17) is 6.57 Å². The van der Waals surface area contributed by atoms with E-state index in [9.17, 15) is 0 Å². The van der Waals surface area contributed by atoms with Gasteiger partial charge in [0.2, 0.25) is 5.52 Å². The molecule has 0 N–H and O–H groups in total. The van der Waals surface area contributed by atoms with E-state index >= 15 is 0 Å². The summed E-state index contributed by atoms with van der Waals surface area (Å²) < 4.78 is 4.60. The molecule has 0 amide bonds. The molecular formula is C25H18N3+. The van der Waals surface area contributed by atoms with Crippen LogP contribution in [0.5, 0.6) is 0 Å². The number of nitrogens with zero attached hydrogens (tertiary/aromatic N) is 3. The summed E-state index contributed by atoms with van der Waals surface area (Å²) in [6, 6.07) is 17.3. The van der Waals surface area contributed by atoms with Gasteiger partial charge in [0.05, 0.1) is 33.9 Å². The van der Waals surface area contributed by atoms with Crippen molar-refractivity contribution in [3.8, 4) is 0 Å². The van der Waals surface area contributed by atoms with E-state index < -0.39 is 0 Å². The van der Waals surface area contributed by atoms with Crippen LogP contribution >= 0.6 is 0 Å². The summed E-state index contributed by atoms with van der Waals surface area (Å²) in [6.07, 6.45) is 2.11. The van der Waals surface area contributed by atoms with Crippen LogP contribution in [0.25, 0.3) is 53.8 Å². The Morgan fingerprint density at radius 1 is 0.893 bits per heavy atom. The fourth-order valence-electron chi connectivity index (χ4n) is 4.87. The highest BCUT2D eigenvalue weighted by Gasteiger charge is 2.23. The molecule has 6 aromatic rings. The second kappa shape index (κ2) is 4.99. The Kier molecular flexibility index (Phi) is 2.75. The highest BCUT2D eigenvalue weighted by molar-refractivity contribution is 6.26. The first kappa shape index (κ1) is 15.4. The Morgan fingerprint density at radius 3 is 2.54 bits per heavy atom. The van der Waals surface area contributed by atoms with Gasteiger partial charge in [-0.05, 0) is 48.6 Å². The number of aromatic nitrogens is 2. The highest BCUT2D eigenvalue weighted by atomic mass is 15.0. The summed E-state index contributed by atoms with van der Waals surface area (Å²) in [5.41, 5.74) is 8.00. The van der Waals surface area contributed by atoms with Crippen LogP contribution in [0.2, 0.25) is 0 Å². The lowest BCUT2D eigenvalue weighted by molar-refractivity contribution is -0.643. The van der Waals surface area contributed by atoms with Gasteiger partial charge in [-0.1, -0.05) is 24.3 Å². The van der Waals surface area contributed by atoms with E-state index in [1.54, 1.807) is 0 Å². The van der Waals surface area contributed by atoms with E-state index in [2.05, 4.69) is 77.3 Å². The maximum Gasteiger partial charge on any atom is 0.224 e. The first-order valence-electron chi connectivity index (χ1n) is 9.47. The molecule has 6 rings (SSSR count). The zero-order valence-electron chi connectivity index (χ0n) is 16.0. The van der Waals surface area contributed by atoms with Crippen molar-refractivity contribution < 1.29 is 4.57 Å². The van der Waals surface area contributed by atoms with Crippen LogP contribution < -0.4 is 4.57 Å². The van der Waals surface area contributed by atoms with Gasteiger partial charge in [-0.2, -0.15) is 0 Å². The Labute approximate surface area is 162 Å². The van der Waals surface area contributed by atoms with Crippen molar-refractivity contribution in [2.45, 2.75) is 13.8 Å². The van der Waals surface area contributed by atoms with Gasteiger partial charge in [-0.15, -0.1) is 0 Å². The van der Waals surface area contributed by atoms with Crippen molar-refractivity contribution in [2.75, 3.05) is 0 Å². The lowest BCUT2D eigenvalue weighted by atomic mass is 9.99. The zero-order chi connectivity index (χ0) is 19.2. The van der Waals surface area contributed by atoms with Gasteiger partial charge in [0.25, 0.3) is 0 Å². The third-order valence-electron chi connectivity index (χ3n) is 6.10. The zero-order valence-corrected chi connectivity index (χ0v) is 16.0. The number of aryl methyl sites for hydroxylation is 3. The number of rotatable bonds is 0. The third kappa shape index (κ3) is 1.70. The molecule has 0 aliphatic heterocycles. The normalized spacial score (nSPS) is 12.1. The van der Waals surface area contributed by atoms with Crippen molar-refractivity contribution in [1.82, 2.24) is 4.40 Å². The number of benzene rings is 3. The lowest BCUT2D eigenvalue weighted by Crippen LogP contribution is -2.28. The van der Waals surface area contributed by atoms with E-state index in [0.717, 1.165) is 10.9 Å². The van der Waals surface area contributed by atoms with Crippen LogP contribution in [0.3, 0.4) is 0 Å². The first-order chi connectivity index (χ1) is 13.6. The molecule has 3 aromatic carbocycles. The molecule has 0 radical (unpaired) electrons. The summed E-state index contributed by atoms with van der Waals surface area (Å²) in [4.78, 5) is 3.75. The van der Waals surface area contributed by atoms with Gasteiger partial charge in [0, 0.05) is 16.8 Å². The van der Waals surface area contributed by atoms with Gasteiger partial charge in [0.15, 0.2) is 11.9 Å². The fraction of sp³-hybridized carbons (Fsp3) is 0.120. The van der Waals surface area contributed by atoms with Crippen molar-refractivity contribution in [2.24, 2.45) is 7.05 Å². The Bertz CT molecular complexity index is 1640. The molecule has 28 heavy (non-hydrogen) atoms. The van der Waals surface area contributed by atoms with Crippen LogP contribution in [-0.2, 0) is 7.05 Å². The molecule has 0 aliphatic carbocycles. The number of pyridine rings is 2. The standard InChI is InChI=1S/C25H18N3/c1-14-5-7-18-19-8-6-15(2)22-24(19)28(20(18)11-14)21-13-17(26-3)12-16-9-10-27(4)25(22)23(16)21/h5-13H,1-2,4H3/q+1. The summed E-state index contributed by atoms with van der Waals surface area (Å²) >= 11 is 0. The quantitative estimate of drug-likeness (QED) is 0.137. The first-order valence-corrected chi connectivity index (χ1v) is 9.47. The van der Waals surface area contributed by atoms with Crippen molar-refractivity contribution in [3.63, 3.8) is 0 Å². The summed E-state index contributed by atoms with van der Waals surface area (Å²) in [6.45, 7) is 11.9. The molecule has 3 heterocycles. The molecule has 3 aromatic heterocycles. The van der Waals surface area contributed by atoms with Gasteiger partial charge < -0.3 is 4.40 Å². The fourth-order valence-corrected chi connectivity index (χ4v) is 4.87. The summed E-state index contributed by atoms with van der Waals surface area (Å²) in [5.74, 6) is 0. The molecule has 0 saturated carbocycles. The molecule has 3 heteroatoms. The molecule has 0 fully saturated rings. The van der Waals surface area contributed by atoms with Crippen molar-refractivity contribution in [1.29, 1.82) is 0 Å². The Hall–Kier alpha value is -3.64. The maximum atomic E-state index is 7.60. The predicted molar refractivity (Wildman–Crippen MR) is 116 cm³/mol. The van der Waals surface area contributed by atoms with Gasteiger partial charge in [-0.25, -0.2) is 9.41 Å². The van der Waals surface area contributed by atoms with E-state index in [1.807, 2.05) is 12.1 Å². The predicted octanol–water partition coefficient (Wildman–Crippen LogP) is 5.98. The molecular weight excluding hydrogens is 342 g/mol. The summed E-state index contributed by atoms with van der Waals surface area (Å²) in [7, 11) is 2.11. The van der Waals surface area contributed by atoms with Crippen molar-refractivity contribution in [3.05, 3.63) is 77.3 Å². The smallest absolute Gasteiger partial charge is 0.224 e. The Balaban J connectivity index is 2.13. The van der Waals surface area contributed by atoms with Crippen molar-refractivity contribution >= 4 is 54.7 Å². The van der Waals surface area contributed by atoms with Crippen LogP contribution in [0.4, 0.5) is 5.69 Å². The molecule has 0 atom stereocenters. The molecule has 0 saturated heterocycles. The number of hydrogen-bond acceptors (Lipinski definition) is 0. The van der Waals surface area contributed by atoms with E-state index in [0.29, 0.717) is 5.69 Å². The van der Waals surface area contributed by atoms with Crippen LogP contribution in [0.1, 0.15) is 11.1 Å². The number of fused-ring (bicyclic) bond motifs is 5. The van der Waals surface area contributed by atoms with E-state index in [1.165, 1.54) is 49.2 Å². The van der Waals surface area contributed by atoms with Gasteiger partial charge >= 0.3 is 0 Å². The number of hydrogen-bond donors (Lipinski definition) is 0. The van der Waals surface area contributed by atoms with Crippen LogP contribution in [0, 0.1) is 20.4 Å². The average Bonchev–Trinajstić information content (AvgIpc) is 3.02. The second-order valence-corrected chi connectivity index (χ2v) is 7.83. The largest absolute Gasteiger partial charge is 0.309 e. The van der Waals surface area contributed by atoms with Crippen LogP contribution in [-0.4, -0.2) is 4.40 Å². The third-order valence-corrected chi connectivity index (χ3v) is 6.10. The lowest BCUT2D eigenvalue weighted by Gasteiger charge is -2.13. The minimum Gasteiger partial charge on any atom is -0.309 e. The molecule has 0 bridgehead atoms. The van der Waals surface area contributed by atoms with Crippen LogP contribution in [0.15, 0.2) is 54.7 Å². The van der Waals surface area contributed by atoms with Gasteiger partial charge in [0.1, 0.15) is 7.05 Å². The SMILES string of the molecule is [C-]#[N+]c1cc2cc[n+](C)c3c4c(C)ccc5c6ccc(C)cc6n(c(c1)c23)c54.